The molecule has 1 rings (SSSR count). The lowest BCUT2D eigenvalue weighted by Gasteiger charge is -2.13. The van der Waals surface area contributed by atoms with Gasteiger partial charge in [-0.3, -0.25) is 14.5 Å². The van der Waals surface area contributed by atoms with Gasteiger partial charge in [0.15, 0.2) is 0 Å². The molecular formula is C12H17NO7. The zero-order valence-electron chi connectivity index (χ0n) is 10.9. The molecule has 0 spiro atoms. The van der Waals surface area contributed by atoms with Crippen molar-refractivity contribution in [2.75, 3.05) is 46.2 Å². The predicted molar refractivity (Wildman–Crippen MR) is 66.0 cm³/mol. The number of hydrogen-bond acceptors (Lipinski definition) is 6. The Morgan fingerprint density at radius 1 is 0.950 bits per heavy atom. The molecule has 0 saturated carbocycles. The standard InChI is InChI=1S/C12H17NO7/c14-10-1-2-11(15)13(10)3-4-18-5-6-19-7-8-20-9-12(16)17/h1-2H,3-9H2,(H,16,17). The number of ether oxygens (including phenoxy) is 3. The number of carbonyl (C=O) groups is 3. The van der Waals surface area contributed by atoms with Crippen molar-refractivity contribution in [3.05, 3.63) is 12.2 Å². The Kier molecular flexibility index (Phi) is 7.48. The summed E-state index contributed by atoms with van der Waals surface area (Å²) in [5.74, 6) is -1.68. The molecule has 1 heterocycles. The summed E-state index contributed by atoms with van der Waals surface area (Å²) in [6, 6.07) is 0. The summed E-state index contributed by atoms with van der Waals surface area (Å²) in [4.78, 5) is 33.6. The van der Waals surface area contributed by atoms with Crippen molar-refractivity contribution in [1.29, 1.82) is 0 Å². The van der Waals surface area contributed by atoms with E-state index in [1.165, 1.54) is 12.2 Å². The lowest BCUT2D eigenvalue weighted by molar-refractivity contribution is -0.142. The molecule has 20 heavy (non-hydrogen) atoms. The van der Waals surface area contributed by atoms with Gasteiger partial charge >= 0.3 is 5.97 Å². The molecule has 1 aliphatic rings. The van der Waals surface area contributed by atoms with E-state index in [0.717, 1.165) is 4.90 Å². The highest BCUT2D eigenvalue weighted by Crippen LogP contribution is 2.02. The van der Waals surface area contributed by atoms with E-state index in [2.05, 4.69) is 0 Å². The Balaban J connectivity index is 1.87. The number of hydrogen-bond donors (Lipinski definition) is 1. The van der Waals surface area contributed by atoms with Gasteiger partial charge in [0.2, 0.25) is 0 Å². The number of imide groups is 1. The molecule has 0 radical (unpaired) electrons. The number of carboxylic acids is 1. The van der Waals surface area contributed by atoms with Crippen LogP contribution >= 0.6 is 0 Å². The molecule has 0 aliphatic carbocycles. The maximum absolute atomic E-state index is 11.2. The van der Waals surface area contributed by atoms with Crippen LogP contribution < -0.4 is 0 Å². The topological polar surface area (TPSA) is 102 Å². The number of carboxylic acid groups (broad SMARTS) is 1. The number of carbonyl (C=O) groups excluding carboxylic acids is 2. The first-order chi connectivity index (χ1) is 9.61. The minimum Gasteiger partial charge on any atom is -0.480 e. The molecular weight excluding hydrogens is 270 g/mol. The fourth-order valence-corrected chi connectivity index (χ4v) is 1.41. The van der Waals surface area contributed by atoms with Gasteiger partial charge in [0, 0.05) is 12.2 Å². The Morgan fingerprint density at radius 3 is 2.00 bits per heavy atom. The van der Waals surface area contributed by atoms with E-state index < -0.39 is 5.97 Å². The molecule has 0 saturated heterocycles. The van der Waals surface area contributed by atoms with Gasteiger partial charge in [0.1, 0.15) is 6.61 Å². The summed E-state index contributed by atoms with van der Waals surface area (Å²) in [5.41, 5.74) is 0. The van der Waals surface area contributed by atoms with Crippen LogP contribution in [-0.4, -0.2) is 74.0 Å². The lowest BCUT2D eigenvalue weighted by atomic mass is 10.5. The van der Waals surface area contributed by atoms with Crippen LogP contribution in [0.3, 0.4) is 0 Å². The van der Waals surface area contributed by atoms with Crippen LogP contribution in [0.2, 0.25) is 0 Å². The van der Waals surface area contributed by atoms with Crippen LogP contribution in [0.4, 0.5) is 0 Å². The molecule has 0 unspecified atom stereocenters. The fourth-order valence-electron chi connectivity index (χ4n) is 1.41. The molecule has 2 amide bonds. The largest absolute Gasteiger partial charge is 0.480 e. The van der Waals surface area contributed by atoms with Crippen LogP contribution in [0.15, 0.2) is 12.2 Å². The van der Waals surface area contributed by atoms with Crippen molar-refractivity contribution in [1.82, 2.24) is 4.90 Å². The Bertz CT molecular complexity index is 362. The van der Waals surface area contributed by atoms with Crippen LogP contribution in [-0.2, 0) is 28.6 Å². The van der Waals surface area contributed by atoms with Gasteiger partial charge < -0.3 is 19.3 Å². The smallest absolute Gasteiger partial charge is 0.329 e. The summed E-state index contributed by atoms with van der Waals surface area (Å²) in [5, 5.41) is 8.30. The highest BCUT2D eigenvalue weighted by atomic mass is 16.5. The molecule has 1 aliphatic heterocycles. The zero-order valence-corrected chi connectivity index (χ0v) is 10.9. The Labute approximate surface area is 115 Å². The summed E-state index contributed by atoms with van der Waals surface area (Å²) in [6.45, 7) is 1.26. The quantitative estimate of drug-likeness (QED) is 0.386. The second kappa shape index (κ2) is 9.18. The minimum atomic E-state index is -1.02. The summed E-state index contributed by atoms with van der Waals surface area (Å²) < 4.78 is 15.1. The average Bonchev–Trinajstić information content (AvgIpc) is 2.71. The molecule has 8 heteroatoms. The first-order valence-corrected chi connectivity index (χ1v) is 6.10. The first-order valence-electron chi connectivity index (χ1n) is 6.10. The van der Waals surface area contributed by atoms with Gasteiger partial charge in [-0.15, -0.1) is 0 Å². The second-order valence-corrected chi connectivity index (χ2v) is 3.83. The van der Waals surface area contributed by atoms with Crippen molar-refractivity contribution in [2.24, 2.45) is 0 Å². The number of rotatable bonds is 11. The second-order valence-electron chi connectivity index (χ2n) is 3.83. The van der Waals surface area contributed by atoms with Crippen molar-refractivity contribution in [3.8, 4) is 0 Å². The molecule has 0 aromatic carbocycles. The predicted octanol–water partition coefficient (Wildman–Crippen LogP) is -0.954. The van der Waals surface area contributed by atoms with E-state index in [1.54, 1.807) is 0 Å². The zero-order chi connectivity index (χ0) is 14.8. The van der Waals surface area contributed by atoms with Crippen molar-refractivity contribution in [2.45, 2.75) is 0 Å². The van der Waals surface area contributed by atoms with Crippen LogP contribution in [0.5, 0.6) is 0 Å². The van der Waals surface area contributed by atoms with E-state index in [1.807, 2.05) is 0 Å². The number of amides is 2. The molecule has 0 fully saturated rings. The van der Waals surface area contributed by atoms with Crippen LogP contribution in [0, 0.1) is 0 Å². The van der Waals surface area contributed by atoms with E-state index in [9.17, 15) is 14.4 Å². The van der Waals surface area contributed by atoms with E-state index in [0.29, 0.717) is 13.2 Å². The van der Waals surface area contributed by atoms with Crippen molar-refractivity contribution >= 4 is 17.8 Å². The minimum absolute atomic E-state index is 0.203. The van der Waals surface area contributed by atoms with Crippen LogP contribution in [0.1, 0.15) is 0 Å². The van der Waals surface area contributed by atoms with Crippen LogP contribution in [0.25, 0.3) is 0 Å². The number of nitrogens with zero attached hydrogens (tertiary/aromatic N) is 1. The normalized spacial score (nSPS) is 14.3. The molecule has 0 atom stereocenters. The Morgan fingerprint density at radius 2 is 1.45 bits per heavy atom. The molecule has 8 nitrogen and oxygen atoms in total. The van der Waals surface area contributed by atoms with Crippen molar-refractivity contribution < 1.29 is 33.7 Å². The fraction of sp³-hybridized carbons (Fsp3) is 0.583. The third-order valence-corrected chi connectivity index (χ3v) is 2.33. The maximum atomic E-state index is 11.2. The van der Waals surface area contributed by atoms with Crippen molar-refractivity contribution in [3.63, 3.8) is 0 Å². The third-order valence-electron chi connectivity index (χ3n) is 2.33. The molecule has 0 bridgehead atoms. The van der Waals surface area contributed by atoms with Gasteiger partial charge in [-0.25, -0.2) is 4.79 Å². The average molecular weight is 287 g/mol. The molecule has 112 valence electrons. The van der Waals surface area contributed by atoms with Gasteiger partial charge in [-0.1, -0.05) is 0 Å². The van der Waals surface area contributed by atoms with Gasteiger partial charge in [-0.05, 0) is 0 Å². The number of aliphatic carboxylic acids is 1. The van der Waals surface area contributed by atoms with E-state index in [-0.39, 0.29) is 44.8 Å². The first kappa shape index (κ1) is 16.3. The SMILES string of the molecule is O=C(O)COCCOCCOCCN1C(=O)C=CC1=O. The summed E-state index contributed by atoms with van der Waals surface area (Å²) >= 11 is 0. The van der Waals surface area contributed by atoms with Gasteiger partial charge in [-0.2, -0.15) is 0 Å². The van der Waals surface area contributed by atoms with E-state index >= 15 is 0 Å². The Hall–Kier alpha value is -1.77. The highest BCUT2D eigenvalue weighted by Gasteiger charge is 2.22. The molecule has 1 N–H and O–H groups in total. The third kappa shape index (κ3) is 6.41. The summed E-state index contributed by atoms with van der Waals surface area (Å²) in [6.07, 6.45) is 2.45. The summed E-state index contributed by atoms with van der Waals surface area (Å²) in [7, 11) is 0. The highest BCUT2D eigenvalue weighted by molar-refractivity contribution is 6.12. The molecule has 0 aromatic heterocycles. The maximum Gasteiger partial charge on any atom is 0.329 e. The molecule has 0 aromatic rings. The monoisotopic (exact) mass is 287 g/mol. The lowest BCUT2D eigenvalue weighted by Crippen LogP contribution is -2.33. The van der Waals surface area contributed by atoms with Gasteiger partial charge in [0.05, 0.1) is 39.6 Å². The van der Waals surface area contributed by atoms with Gasteiger partial charge in [0.25, 0.3) is 11.8 Å². The van der Waals surface area contributed by atoms with E-state index in [4.69, 9.17) is 19.3 Å².